The molecule has 1 aromatic carbocycles. The van der Waals surface area contributed by atoms with E-state index in [-0.39, 0.29) is 24.9 Å². The second-order valence-corrected chi connectivity index (χ2v) is 9.16. The molecule has 2 aromatic heterocycles. The number of H-pyrrole nitrogens is 1. The van der Waals surface area contributed by atoms with Crippen LogP contribution in [0.2, 0.25) is 0 Å². The Balaban J connectivity index is 1.45. The molecule has 1 fully saturated rings. The molecular formula is C25H26F5N5O. The van der Waals surface area contributed by atoms with Crippen molar-refractivity contribution in [1.29, 1.82) is 0 Å². The lowest BCUT2D eigenvalue weighted by Crippen LogP contribution is -2.54. The highest BCUT2D eigenvalue weighted by atomic mass is 19.4. The van der Waals surface area contributed by atoms with Gasteiger partial charge in [0, 0.05) is 31.6 Å². The van der Waals surface area contributed by atoms with Gasteiger partial charge in [0.2, 0.25) is 5.95 Å². The van der Waals surface area contributed by atoms with Gasteiger partial charge in [-0.05, 0) is 48.6 Å². The average molecular weight is 508 g/mol. The molecule has 6 nitrogen and oxygen atoms in total. The zero-order chi connectivity index (χ0) is 25.3. The van der Waals surface area contributed by atoms with Crippen molar-refractivity contribution < 1.29 is 26.7 Å². The van der Waals surface area contributed by atoms with E-state index in [0.29, 0.717) is 52.6 Å². The minimum atomic E-state index is -4.49. The van der Waals surface area contributed by atoms with Gasteiger partial charge in [0.25, 0.3) is 0 Å². The third-order valence-corrected chi connectivity index (χ3v) is 6.54. The van der Waals surface area contributed by atoms with Crippen LogP contribution in [0, 0.1) is 5.95 Å². The van der Waals surface area contributed by atoms with Gasteiger partial charge in [-0.25, -0.2) is 0 Å². The molecule has 11 heteroatoms. The van der Waals surface area contributed by atoms with Crippen LogP contribution in [0.15, 0.2) is 36.2 Å². The number of halogens is 5. The first-order valence-corrected chi connectivity index (χ1v) is 11.9. The Morgan fingerprint density at radius 1 is 1.14 bits per heavy atom. The van der Waals surface area contributed by atoms with Gasteiger partial charge in [-0.2, -0.15) is 17.6 Å². The summed E-state index contributed by atoms with van der Waals surface area (Å²) in [7, 11) is 0. The lowest BCUT2D eigenvalue weighted by Gasteiger charge is -2.40. The third-order valence-electron chi connectivity index (χ3n) is 6.54. The van der Waals surface area contributed by atoms with E-state index in [1.165, 1.54) is 0 Å². The topological polar surface area (TPSA) is 66.1 Å². The second kappa shape index (κ2) is 10.0. The largest absolute Gasteiger partial charge is 0.488 e. The van der Waals surface area contributed by atoms with Crippen LogP contribution in [0.25, 0.3) is 16.5 Å². The van der Waals surface area contributed by atoms with E-state index >= 15 is 0 Å². The van der Waals surface area contributed by atoms with Gasteiger partial charge in [-0.15, -0.1) is 5.10 Å². The van der Waals surface area contributed by atoms with Crippen molar-refractivity contribution in [1.82, 2.24) is 20.1 Å². The third kappa shape index (κ3) is 5.16. The minimum absolute atomic E-state index is 0.185. The molecule has 1 aliphatic heterocycles. The predicted molar refractivity (Wildman–Crippen MR) is 126 cm³/mol. The van der Waals surface area contributed by atoms with E-state index < -0.39 is 18.7 Å². The number of hydrogen-bond donors (Lipinski definition) is 2. The van der Waals surface area contributed by atoms with Gasteiger partial charge < -0.3 is 10.1 Å². The van der Waals surface area contributed by atoms with Crippen molar-refractivity contribution in [2.45, 2.75) is 37.9 Å². The maximum absolute atomic E-state index is 14.5. The summed E-state index contributed by atoms with van der Waals surface area (Å²) in [5.41, 5.74) is 3.44. The molecule has 0 bridgehead atoms. The Morgan fingerprint density at radius 3 is 2.69 bits per heavy atom. The lowest BCUT2D eigenvalue weighted by atomic mass is 9.93. The van der Waals surface area contributed by atoms with Crippen molar-refractivity contribution in [2.24, 2.45) is 0 Å². The molecular weight excluding hydrogens is 481 g/mol. The van der Waals surface area contributed by atoms with E-state index in [0.717, 1.165) is 25.3 Å². The summed E-state index contributed by atoms with van der Waals surface area (Å²) in [5, 5.41) is 10.0. The standard InChI is InChI=1S/C25H26F5N5O/c26-9-2-10-35-12-16(13-35)32-15-5-7-19(31-11-15)22-18-6-8-20-23(24(27)34-33-20)17(18)3-1-4-21(22)36-14-25(28,29)30/h5-8,11,16,32H,1-4,9-10,12-14H2,(H,33,34). The quantitative estimate of drug-likeness (QED) is 0.409. The Labute approximate surface area is 204 Å². The minimum Gasteiger partial charge on any atom is -0.488 e. The number of ether oxygens (including phenoxy) is 1. The number of aromatic amines is 1. The molecule has 5 rings (SSSR count). The van der Waals surface area contributed by atoms with Crippen molar-refractivity contribution in [3.8, 4) is 0 Å². The van der Waals surface area contributed by atoms with Crippen LogP contribution in [0.1, 0.15) is 36.1 Å². The maximum atomic E-state index is 14.5. The number of benzene rings is 1. The van der Waals surface area contributed by atoms with E-state index in [1.807, 2.05) is 6.07 Å². The summed E-state index contributed by atoms with van der Waals surface area (Å²) in [6, 6.07) is 7.19. The molecule has 1 saturated heterocycles. The second-order valence-electron chi connectivity index (χ2n) is 9.16. The number of alkyl halides is 4. The molecule has 0 atom stereocenters. The number of likely N-dealkylation sites (tertiary alicyclic amines) is 1. The van der Waals surface area contributed by atoms with Crippen LogP contribution in [-0.2, 0) is 11.2 Å². The highest BCUT2D eigenvalue weighted by molar-refractivity contribution is 5.92. The molecule has 3 heterocycles. The Hall–Kier alpha value is -3.21. The summed E-state index contributed by atoms with van der Waals surface area (Å²) in [4.78, 5) is 6.70. The van der Waals surface area contributed by atoms with E-state index in [2.05, 4.69) is 25.4 Å². The number of pyridine rings is 1. The average Bonchev–Trinajstić information content (AvgIpc) is 3.10. The number of hydrogen-bond acceptors (Lipinski definition) is 5. The number of nitrogens with one attached hydrogen (secondary N) is 2. The van der Waals surface area contributed by atoms with E-state index in [9.17, 15) is 22.0 Å². The van der Waals surface area contributed by atoms with Crippen LogP contribution in [-0.4, -0.2) is 65.2 Å². The number of allylic oxidation sites excluding steroid dienone is 1. The highest BCUT2D eigenvalue weighted by Crippen LogP contribution is 2.39. The molecule has 1 aliphatic carbocycles. The van der Waals surface area contributed by atoms with Crippen LogP contribution < -0.4 is 5.32 Å². The maximum Gasteiger partial charge on any atom is 0.422 e. The zero-order valence-corrected chi connectivity index (χ0v) is 19.5. The SMILES string of the molecule is FCCCN1CC(Nc2ccc(C3=C(OCC(F)(F)F)CCCc4c3ccc3[nH]nc(F)c43)nc2)C1. The van der Waals surface area contributed by atoms with Gasteiger partial charge in [0.1, 0.15) is 5.76 Å². The summed E-state index contributed by atoms with van der Waals surface area (Å²) < 4.78 is 71.2. The number of rotatable bonds is 8. The highest BCUT2D eigenvalue weighted by Gasteiger charge is 2.31. The summed E-state index contributed by atoms with van der Waals surface area (Å²) >= 11 is 0. The van der Waals surface area contributed by atoms with E-state index in [4.69, 9.17) is 4.74 Å². The molecule has 0 saturated carbocycles. The van der Waals surface area contributed by atoms with Gasteiger partial charge in [-0.3, -0.25) is 19.4 Å². The molecule has 2 aliphatic rings. The zero-order valence-electron chi connectivity index (χ0n) is 19.5. The van der Waals surface area contributed by atoms with E-state index in [1.54, 1.807) is 24.4 Å². The number of fused-ring (bicyclic) bond motifs is 3. The Bertz CT molecular complexity index is 1250. The van der Waals surface area contributed by atoms with Gasteiger partial charge >= 0.3 is 6.18 Å². The Morgan fingerprint density at radius 2 is 1.97 bits per heavy atom. The fourth-order valence-electron chi connectivity index (χ4n) is 4.92. The molecule has 36 heavy (non-hydrogen) atoms. The number of nitrogens with zero attached hydrogens (tertiary/aromatic N) is 3. The van der Waals surface area contributed by atoms with Gasteiger partial charge in [-0.1, -0.05) is 6.07 Å². The lowest BCUT2D eigenvalue weighted by molar-refractivity contribution is -0.165. The van der Waals surface area contributed by atoms with Gasteiger partial charge in [0.15, 0.2) is 6.61 Å². The first-order valence-electron chi connectivity index (χ1n) is 11.9. The molecule has 0 spiro atoms. The number of aromatic nitrogens is 3. The van der Waals surface area contributed by atoms with Crippen molar-refractivity contribution in [3.05, 3.63) is 59.0 Å². The van der Waals surface area contributed by atoms with Crippen molar-refractivity contribution in [3.63, 3.8) is 0 Å². The van der Waals surface area contributed by atoms with Crippen LogP contribution in [0.4, 0.5) is 27.6 Å². The van der Waals surface area contributed by atoms with Crippen molar-refractivity contribution >= 4 is 22.2 Å². The summed E-state index contributed by atoms with van der Waals surface area (Å²) in [6.45, 7) is 0.602. The first kappa shape index (κ1) is 24.5. The number of aryl methyl sites for hydroxylation is 1. The fourth-order valence-corrected chi connectivity index (χ4v) is 4.92. The smallest absolute Gasteiger partial charge is 0.422 e. The van der Waals surface area contributed by atoms with Crippen molar-refractivity contribution in [2.75, 3.05) is 38.2 Å². The molecule has 0 amide bonds. The van der Waals surface area contributed by atoms with Crippen LogP contribution in [0.5, 0.6) is 0 Å². The predicted octanol–water partition coefficient (Wildman–Crippen LogP) is 5.23. The molecule has 2 N–H and O–H groups in total. The van der Waals surface area contributed by atoms with Crippen LogP contribution in [0.3, 0.4) is 0 Å². The van der Waals surface area contributed by atoms with Gasteiger partial charge in [0.05, 0.1) is 41.2 Å². The number of anilines is 1. The molecule has 0 radical (unpaired) electrons. The molecule has 3 aromatic rings. The molecule has 0 unspecified atom stereocenters. The fraction of sp³-hybridized carbons (Fsp3) is 0.440. The monoisotopic (exact) mass is 507 g/mol. The normalized spacial score (nSPS) is 17.1. The first-order chi connectivity index (χ1) is 17.3. The summed E-state index contributed by atoms with van der Waals surface area (Å²) in [5.74, 6) is -0.459. The Kier molecular flexibility index (Phi) is 6.83. The van der Waals surface area contributed by atoms with Crippen LogP contribution >= 0.6 is 0 Å². The summed E-state index contributed by atoms with van der Waals surface area (Å²) in [6.07, 6.45) is -1.11. The molecule has 192 valence electrons.